The summed E-state index contributed by atoms with van der Waals surface area (Å²) in [5.74, 6) is -0.196. The number of sulfonamides is 1. The van der Waals surface area contributed by atoms with E-state index in [9.17, 15) is 12.8 Å². The Labute approximate surface area is 128 Å². The second-order valence-electron chi connectivity index (χ2n) is 5.37. The summed E-state index contributed by atoms with van der Waals surface area (Å²) in [6, 6.07) is 4.56. The van der Waals surface area contributed by atoms with Crippen molar-refractivity contribution in [3.8, 4) is 0 Å². The van der Waals surface area contributed by atoms with Crippen LogP contribution in [0.3, 0.4) is 0 Å². The average Bonchev–Trinajstić information content (AvgIpc) is 2.95. The number of hydrogen-bond donors (Lipinski definition) is 0. The van der Waals surface area contributed by atoms with Crippen molar-refractivity contribution in [1.82, 2.24) is 19.1 Å². The van der Waals surface area contributed by atoms with E-state index in [0.29, 0.717) is 25.9 Å². The van der Waals surface area contributed by atoms with Crippen molar-refractivity contribution in [3.05, 3.63) is 42.1 Å². The molecule has 0 radical (unpaired) electrons. The molecule has 3 rings (SSSR count). The Morgan fingerprint density at radius 3 is 2.50 bits per heavy atom. The minimum atomic E-state index is -3.51. The molecule has 1 aliphatic heterocycles. The van der Waals surface area contributed by atoms with Gasteiger partial charge in [0, 0.05) is 31.7 Å². The Bertz CT molecular complexity index is 749. The quantitative estimate of drug-likeness (QED) is 0.858. The largest absolute Gasteiger partial charge is 0.260 e. The molecule has 22 heavy (non-hydrogen) atoms. The summed E-state index contributed by atoms with van der Waals surface area (Å²) in [4.78, 5) is 4.10. The van der Waals surface area contributed by atoms with E-state index >= 15 is 0 Å². The Kier molecular flexibility index (Phi) is 3.96. The predicted molar refractivity (Wildman–Crippen MR) is 78.1 cm³/mol. The van der Waals surface area contributed by atoms with Crippen LogP contribution in [0.25, 0.3) is 0 Å². The van der Waals surface area contributed by atoms with Crippen molar-refractivity contribution in [2.45, 2.75) is 23.8 Å². The summed E-state index contributed by atoms with van der Waals surface area (Å²) in [6.07, 6.45) is 4.03. The molecule has 8 heteroatoms. The third-order valence-corrected chi connectivity index (χ3v) is 5.98. The number of aryl methyl sites for hydroxylation is 1. The number of piperidine rings is 1. The first-order chi connectivity index (χ1) is 10.5. The summed E-state index contributed by atoms with van der Waals surface area (Å²) >= 11 is 0. The summed E-state index contributed by atoms with van der Waals surface area (Å²) in [5, 5.41) is 4.11. The fourth-order valence-corrected chi connectivity index (χ4v) is 4.34. The second kappa shape index (κ2) is 5.77. The second-order valence-corrected chi connectivity index (χ2v) is 7.26. The van der Waals surface area contributed by atoms with Crippen LogP contribution in [0.15, 0.2) is 35.6 Å². The Hall–Kier alpha value is -1.80. The van der Waals surface area contributed by atoms with Crippen molar-refractivity contribution in [1.29, 1.82) is 0 Å². The van der Waals surface area contributed by atoms with Crippen LogP contribution < -0.4 is 0 Å². The first-order valence-electron chi connectivity index (χ1n) is 7.08. The topological polar surface area (TPSA) is 68.1 Å². The molecule has 0 atom stereocenters. The number of nitrogens with zero attached hydrogens (tertiary/aromatic N) is 4. The smallest absolute Gasteiger partial charge is 0.258 e. The predicted octanol–water partition coefficient (Wildman–Crippen LogP) is 1.52. The molecule has 0 amide bonds. The van der Waals surface area contributed by atoms with Crippen LogP contribution in [0.5, 0.6) is 0 Å². The monoisotopic (exact) mass is 324 g/mol. The molecule has 2 aromatic rings. The Balaban J connectivity index is 1.72. The summed E-state index contributed by atoms with van der Waals surface area (Å²) < 4.78 is 40.9. The van der Waals surface area contributed by atoms with Gasteiger partial charge in [-0.15, -0.1) is 0 Å². The van der Waals surface area contributed by atoms with Gasteiger partial charge in [0.2, 0.25) is 0 Å². The lowest BCUT2D eigenvalue weighted by atomic mass is 9.94. The molecule has 0 bridgehead atoms. The zero-order valence-electron chi connectivity index (χ0n) is 12.2. The van der Waals surface area contributed by atoms with Crippen molar-refractivity contribution in [2.24, 2.45) is 7.05 Å². The number of halogens is 1. The third-order valence-electron chi connectivity index (χ3n) is 4.00. The van der Waals surface area contributed by atoms with Crippen LogP contribution in [0.4, 0.5) is 4.39 Å². The highest BCUT2D eigenvalue weighted by Gasteiger charge is 2.31. The molecule has 0 aromatic carbocycles. The van der Waals surface area contributed by atoms with Gasteiger partial charge < -0.3 is 0 Å². The van der Waals surface area contributed by atoms with Gasteiger partial charge in [0.15, 0.2) is 5.03 Å². The number of rotatable bonds is 3. The van der Waals surface area contributed by atoms with E-state index in [1.165, 1.54) is 33.5 Å². The summed E-state index contributed by atoms with van der Waals surface area (Å²) in [7, 11) is -1.90. The maximum absolute atomic E-state index is 12.9. The highest BCUT2D eigenvalue weighted by Crippen LogP contribution is 2.29. The first kappa shape index (κ1) is 15.1. The van der Waals surface area contributed by atoms with E-state index in [1.807, 2.05) is 0 Å². The van der Waals surface area contributed by atoms with Crippen molar-refractivity contribution >= 4 is 10.0 Å². The molecule has 1 fully saturated rings. The molecule has 118 valence electrons. The van der Waals surface area contributed by atoms with Gasteiger partial charge in [0.05, 0.1) is 12.4 Å². The summed E-state index contributed by atoms with van der Waals surface area (Å²) in [6.45, 7) is 0.856. The molecule has 0 aliphatic carbocycles. The van der Waals surface area contributed by atoms with E-state index < -0.39 is 10.0 Å². The van der Waals surface area contributed by atoms with Gasteiger partial charge in [-0.25, -0.2) is 12.8 Å². The van der Waals surface area contributed by atoms with Crippen LogP contribution in [-0.4, -0.2) is 40.6 Å². The maximum Gasteiger partial charge on any atom is 0.260 e. The van der Waals surface area contributed by atoms with E-state index in [-0.39, 0.29) is 16.8 Å². The van der Waals surface area contributed by atoms with Crippen molar-refractivity contribution < 1.29 is 12.8 Å². The van der Waals surface area contributed by atoms with Gasteiger partial charge in [0.1, 0.15) is 5.82 Å². The standard InChI is InChI=1S/C14H17FN4O2S/c1-18-14(4-7-17-18)22(20,21)19-8-5-11(6-9-19)13-3-2-12(15)10-16-13/h2-4,7,10-11H,5-6,8-9H2,1H3. The molecule has 2 aromatic heterocycles. The highest BCUT2D eigenvalue weighted by atomic mass is 32.2. The SMILES string of the molecule is Cn1nccc1S(=O)(=O)N1CCC(c2ccc(F)cn2)CC1. The molecule has 1 aliphatic rings. The molecule has 0 spiro atoms. The molecule has 0 unspecified atom stereocenters. The zero-order chi connectivity index (χ0) is 15.7. The molecule has 6 nitrogen and oxygen atoms in total. The fourth-order valence-electron chi connectivity index (χ4n) is 2.77. The van der Waals surface area contributed by atoms with Crippen LogP contribution >= 0.6 is 0 Å². The lowest BCUT2D eigenvalue weighted by molar-refractivity contribution is 0.314. The molecule has 1 saturated heterocycles. The normalized spacial score (nSPS) is 17.7. The van der Waals surface area contributed by atoms with Crippen LogP contribution in [0.1, 0.15) is 24.5 Å². The van der Waals surface area contributed by atoms with Crippen molar-refractivity contribution in [2.75, 3.05) is 13.1 Å². The lowest BCUT2D eigenvalue weighted by Crippen LogP contribution is -2.38. The van der Waals surface area contributed by atoms with Crippen molar-refractivity contribution in [3.63, 3.8) is 0 Å². The lowest BCUT2D eigenvalue weighted by Gasteiger charge is -2.30. The van der Waals surface area contributed by atoms with Crippen LogP contribution in [0.2, 0.25) is 0 Å². The molecule has 3 heterocycles. The maximum atomic E-state index is 12.9. The Morgan fingerprint density at radius 1 is 1.23 bits per heavy atom. The van der Waals surface area contributed by atoms with E-state index in [4.69, 9.17) is 0 Å². The molecule has 0 saturated carbocycles. The van der Waals surface area contributed by atoms with Crippen LogP contribution in [-0.2, 0) is 17.1 Å². The van der Waals surface area contributed by atoms with Crippen LogP contribution in [0, 0.1) is 5.82 Å². The fraction of sp³-hybridized carbons (Fsp3) is 0.429. The first-order valence-corrected chi connectivity index (χ1v) is 8.52. The molecule has 0 N–H and O–H groups in total. The minimum absolute atomic E-state index is 0.165. The van der Waals surface area contributed by atoms with E-state index in [2.05, 4.69) is 10.1 Å². The van der Waals surface area contributed by atoms with Gasteiger partial charge in [-0.1, -0.05) is 0 Å². The van der Waals surface area contributed by atoms with E-state index in [1.54, 1.807) is 13.1 Å². The van der Waals surface area contributed by atoms with Gasteiger partial charge in [-0.05, 0) is 31.0 Å². The van der Waals surface area contributed by atoms with Gasteiger partial charge in [0.25, 0.3) is 10.0 Å². The zero-order valence-corrected chi connectivity index (χ0v) is 13.0. The summed E-state index contributed by atoms with van der Waals surface area (Å²) in [5.41, 5.74) is 0.819. The average molecular weight is 324 g/mol. The van der Waals surface area contributed by atoms with Gasteiger partial charge in [-0.3, -0.25) is 9.67 Å². The number of hydrogen-bond acceptors (Lipinski definition) is 4. The van der Waals surface area contributed by atoms with Gasteiger partial charge >= 0.3 is 0 Å². The Morgan fingerprint density at radius 2 is 1.95 bits per heavy atom. The van der Waals surface area contributed by atoms with Gasteiger partial charge in [-0.2, -0.15) is 9.40 Å². The molecular weight excluding hydrogens is 307 g/mol. The number of aromatic nitrogens is 3. The third kappa shape index (κ3) is 2.76. The highest BCUT2D eigenvalue weighted by molar-refractivity contribution is 7.89. The number of pyridine rings is 1. The molecular formula is C14H17FN4O2S. The van der Waals surface area contributed by atoms with E-state index in [0.717, 1.165) is 5.69 Å². The minimum Gasteiger partial charge on any atom is -0.258 e.